The Morgan fingerprint density at radius 3 is 1.64 bits per heavy atom. The van der Waals surface area contributed by atoms with Crippen LogP contribution in [0, 0.1) is 5.92 Å². The van der Waals surface area contributed by atoms with Gasteiger partial charge in [0.1, 0.15) is 17.2 Å². The smallest absolute Gasteiger partial charge is 0.338 e. The van der Waals surface area contributed by atoms with Gasteiger partial charge in [0.05, 0.1) is 5.92 Å². The van der Waals surface area contributed by atoms with Gasteiger partial charge in [-0.3, -0.25) is 4.79 Å². The zero-order chi connectivity index (χ0) is 31.7. The minimum atomic E-state index is -0.864. The number of allylic oxidation sites excluding steroid dienone is 1. The van der Waals surface area contributed by atoms with Crippen molar-refractivity contribution in [3.05, 3.63) is 84.5 Å². The first-order chi connectivity index (χ1) is 19.6. The van der Waals surface area contributed by atoms with Crippen LogP contribution in [0.5, 0.6) is 28.7 Å². The molecule has 2 rings (SSSR count). The van der Waals surface area contributed by atoms with E-state index in [1.54, 1.807) is 20.8 Å². The van der Waals surface area contributed by atoms with Crippen LogP contribution in [-0.2, 0) is 24.0 Å². The monoisotopic (exact) mass is 576 g/mol. The highest BCUT2D eigenvalue weighted by molar-refractivity contribution is 5.94. The Balaban J connectivity index is 2.42. The Morgan fingerprint density at radius 2 is 1.12 bits per heavy atom. The molecule has 0 bridgehead atoms. The maximum absolute atomic E-state index is 12.9. The van der Waals surface area contributed by atoms with Gasteiger partial charge in [-0.15, -0.1) is 0 Å². The number of benzene rings is 2. The molecule has 0 aliphatic heterocycles. The Kier molecular flexibility index (Phi) is 11.3. The van der Waals surface area contributed by atoms with Crippen molar-refractivity contribution in [1.82, 2.24) is 0 Å². The van der Waals surface area contributed by atoms with E-state index >= 15 is 0 Å². The van der Waals surface area contributed by atoms with E-state index in [1.807, 2.05) is 0 Å². The van der Waals surface area contributed by atoms with Crippen LogP contribution in [0.4, 0.5) is 0 Å². The molecule has 0 heterocycles. The lowest BCUT2D eigenvalue weighted by Crippen LogP contribution is -2.15. The summed E-state index contributed by atoms with van der Waals surface area (Å²) in [7, 11) is 0. The third-order valence-electron chi connectivity index (χ3n) is 5.15. The Hall–Kier alpha value is -5.25. The van der Waals surface area contributed by atoms with Crippen LogP contribution in [0.25, 0.3) is 5.57 Å². The number of rotatable bonds is 11. The lowest BCUT2D eigenvalue weighted by Gasteiger charge is -2.13. The van der Waals surface area contributed by atoms with Gasteiger partial charge in [0.15, 0.2) is 11.5 Å². The van der Waals surface area contributed by atoms with Crippen molar-refractivity contribution >= 4 is 35.4 Å². The largest absolute Gasteiger partial charge is 0.426 e. The fraction of sp³-hybridized carbons (Fsp3) is 0.219. The molecule has 0 aliphatic rings. The van der Waals surface area contributed by atoms with Crippen molar-refractivity contribution in [2.24, 2.45) is 5.92 Å². The summed E-state index contributed by atoms with van der Waals surface area (Å²) in [6, 6.07) is 8.15. The first-order valence-electron chi connectivity index (χ1n) is 12.6. The molecule has 0 radical (unpaired) electrons. The van der Waals surface area contributed by atoms with Gasteiger partial charge in [0.2, 0.25) is 0 Å². The highest BCUT2D eigenvalue weighted by atomic mass is 16.6. The highest BCUT2D eigenvalue weighted by Crippen LogP contribution is 2.33. The summed E-state index contributed by atoms with van der Waals surface area (Å²) in [5.41, 5.74) is 1.10. The normalized spacial score (nSPS) is 10.8. The summed E-state index contributed by atoms with van der Waals surface area (Å²) in [6.07, 6.45) is 1.13. The van der Waals surface area contributed by atoms with Gasteiger partial charge < -0.3 is 23.7 Å². The molecular weight excluding hydrogens is 544 g/mol. The Morgan fingerprint density at radius 1 is 0.619 bits per heavy atom. The average Bonchev–Trinajstić information content (AvgIpc) is 2.89. The molecule has 0 saturated heterocycles. The van der Waals surface area contributed by atoms with E-state index in [0.717, 1.165) is 6.08 Å². The molecule has 220 valence electrons. The van der Waals surface area contributed by atoms with Crippen LogP contribution in [0.1, 0.15) is 47.1 Å². The summed E-state index contributed by atoms with van der Waals surface area (Å²) < 4.78 is 26.5. The molecule has 0 N–H and O–H groups in total. The number of ether oxygens (including phenoxy) is 5. The fourth-order valence-corrected chi connectivity index (χ4v) is 2.84. The van der Waals surface area contributed by atoms with E-state index in [4.69, 9.17) is 23.7 Å². The molecule has 0 atom stereocenters. The van der Waals surface area contributed by atoms with Crippen LogP contribution >= 0.6 is 0 Å². The minimum Gasteiger partial charge on any atom is -0.426 e. The number of esters is 5. The predicted octanol–water partition coefficient (Wildman–Crippen LogP) is 5.70. The van der Waals surface area contributed by atoms with E-state index in [0.29, 0.717) is 11.1 Å². The SMILES string of the molecule is C=C(C)C(=O)Oc1cc(OC(=O)C(C)C)cc(/C(C)=C/C(=O)Oc2ccc(OC(=O)C(=C)C)cc2OC(=O)C(=C)C)c1. The van der Waals surface area contributed by atoms with Crippen molar-refractivity contribution in [3.63, 3.8) is 0 Å². The van der Waals surface area contributed by atoms with Crippen LogP contribution in [-0.4, -0.2) is 29.8 Å². The summed E-state index contributed by atoms with van der Waals surface area (Å²) in [6.45, 7) is 19.9. The summed E-state index contributed by atoms with van der Waals surface area (Å²) in [4.78, 5) is 61.2. The van der Waals surface area contributed by atoms with Gasteiger partial charge in [-0.2, -0.15) is 0 Å². The summed E-state index contributed by atoms with van der Waals surface area (Å²) in [5.74, 6) is -4.19. The topological polar surface area (TPSA) is 132 Å². The minimum absolute atomic E-state index is 0.0173. The first-order valence-corrected chi connectivity index (χ1v) is 12.6. The number of hydrogen-bond acceptors (Lipinski definition) is 10. The van der Waals surface area contributed by atoms with Crippen molar-refractivity contribution < 1.29 is 47.7 Å². The lowest BCUT2D eigenvalue weighted by molar-refractivity contribution is -0.138. The van der Waals surface area contributed by atoms with E-state index in [2.05, 4.69) is 19.7 Å². The Labute approximate surface area is 243 Å². The van der Waals surface area contributed by atoms with Gasteiger partial charge in [-0.05, 0) is 63.1 Å². The molecule has 0 aliphatic carbocycles. The maximum Gasteiger partial charge on any atom is 0.338 e. The molecule has 2 aromatic carbocycles. The van der Waals surface area contributed by atoms with E-state index in [-0.39, 0.29) is 45.5 Å². The highest BCUT2D eigenvalue weighted by Gasteiger charge is 2.18. The van der Waals surface area contributed by atoms with E-state index < -0.39 is 35.8 Å². The van der Waals surface area contributed by atoms with Crippen molar-refractivity contribution in [3.8, 4) is 28.7 Å². The molecule has 0 aromatic heterocycles. The first kappa shape index (κ1) is 33.0. The predicted molar refractivity (Wildman–Crippen MR) is 154 cm³/mol. The molecule has 0 amide bonds. The third kappa shape index (κ3) is 9.74. The molecule has 0 saturated carbocycles. The van der Waals surface area contributed by atoms with Gasteiger partial charge in [0.25, 0.3) is 0 Å². The van der Waals surface area contributed by atoms with Crippen LogP contribution in [0.3, 0.4) is 0 Å². The second kappa shape index (κ2) is 14.4. The maximum atomic E-state index is 12.9. The van der Waals surface area contributed by atoms with Crippen LogP contribution in [0.15, 0.2) is 78.9 Å². The Bertz CT molecular complexity index is 1510. The van der Waals surface area contributed by atoms with Crippen molar-refractivity contribution in [1.29, 1.82) is 0 Å². The summed E-state index contributed by atoms with van der Waals surface area (Å²) in [5, 5.41) is 0. The average molecular weight is 577 g/mol. The second-order valence-corrected chi connectivity index (χ2v) is 9.64. The zero-order valence-electron chi connectivity index (χ0n) is 24.3. The van der Waals surface area contributed by atoms with E-state index in [9.17, 15) is 24.0 Å². The fourth-order valence-electron chi connectivity index (χ4n) is 2.84. The van der Waals surface area contributed by atoms with Crippen molar-refractivity contribution in [2.45, 2.75) is 41.5 Å². The van der Waals surface area contributed by atoms with Gasteiger partial charge in [0, 0.05) is 34.9 Å². The number of hydrogen-bond donors (Lipinski definition) is 0. The molecule has 10 nitrogen and oxygen atoms in total. The molecule has 2 aromatic rings. The number of carbonyl (C=O) groups excluding carboxylic acids is 5. The third-order valence-corrected chi connectivity index (χ3v) is 5.15. The molecule has 0 spiro atoms. The van der Waals surface area contributed by atoms with Gasteiger partial charge in [-0.1, -0.05) is 33.6 Å². The van der Waals surface area contributed by atoms with Gasteiger partial charge in [-0.25, -0.2) is 19.2 Å². The molecule has 10 heteroatoms. The molecule has 0 fully saturated rings. The van der Waals surface area contributed by atoms with Crippen LogP contribution in [0.2, 0.25) is 0 Å². The molecule has 42 heavy (non-hydrogen) atoms. The van der Waals surface area contributed by atoms with Crippen molar-refractivity contribution in [2.75, 3.05) is 0 Å². The van der Waals surface area contributed by atoms with Gasteiger partial charge >= 0.3 is 29.8 Å². The number of carbonyl (C=O) groups is 5. The second-order valence-electron chi connectivity index (χ2n) is 9.64. The lowest BCUT2D eigenvalue weighted by atomic mass is 10.1. The summed E-state index contributed by atoms with van der Waals surface area (Å²) >= 11 is 0. The molecule has 0 unspecified atom stereocenters. The van der Waals surface area contributed by atoms with E-state index in [1.165, 1.54) is 57.2 Å². The standard InChI is InChI=1S/C32H32O10/c1-17(2)29(34)38-23-10-11-26(27(16-23)42-32(37)20(7)8)41-28(33)12-21(9)22-13-24(39-30(35)18(3)4)15-25(14-22)40-31(36)19(5)6/h10-16,19H,1,3,7H2,2,4-6,8-9H3/b21-12+. The quantitative estimate of drug-likeness (QED) is 0.186. The molecular formula is C32H32O10. The zero-order valence-corrected chi connectivity index (χ0v) is 24.3. The van der Waals surface area contributed by atoms with Crippen LogP contribution < -0.4 is 23.7 Å².